The van der Waals surface area contributed by atoms with E-state index in [4.69, 9.17) is 4.74 Å². The highest BCUT2D eigenvalue weighted by atomic mass is 32.1. The van der Waals surface area contributed by atoms with E-state index in [1.54, 1.807) is 37.6 Å². The third-order valence-corrected chi connectivity index (χ3v) is 3.52. The molecule has 0 aliphatic heterocycles. The summed E-state index contributed by atoms with van der Waals surface area (Å²) in [6, 6.07) is 0.752. The van der Waals surface area contributed by atoms with E-state index in [1.165, 1.54) is 11.3 Å². The van der Waals surface area contributed by atoms with E-state index in [2.05, 4.69) is 14.8 Å². The van der Waals surface area contributed by atoms with E-state index in [0.29, 0.717) is 5.56 Å². The minimum Gasteiger partial charge on any atom is -0.468 e. The van der Waals surface area contributed by atoms with Crippen molar-refractivity contribution < 1.29 is 28.6 Å². The normalized spacial score (nSPS) is 12.4. The van der Waals surface area contributed by atoms with Gasteiger partial charge in [-0.15, -0.1) is 0 Å². The van der Waals surface area contributed by atoms with Crippen LogP contribution in [0.4, 0.5) is 4.79 Å². The number of hydrogen-bond acceptors (Lipinski definition) is 7. The highest BCUT2D eigenvalue weighted by molar-refractivity contribution is 7.08. The summed E-state index contributed by atoms with van der Waals surface area (Å²) < 4.78 is 14.5. The van der Waals surface area contributed by atoms with Crippen molar-refractivity contribution in [1.82, 2.24) is 5.32 Å². The number of hydrogen-bond donors (Lipinski definition) is 1. The zero-order valence-corrected chi connectivity index (χ0v) is 14.6. The summed E-state index contributed by atoms with van der Waals surface area (Å²) in [5.41, 5.74) is -0.128. The number of methoxy groups -OCH3 is 2. The molecule has 0 bridgehead atoms. The lowest BCUT2D eigenvalue weighted by molar-refractivity contribution is -0.160. The van der Waals surface area contributed by atoms with Crippen molar-refractivity contribution in [3.63, 3.8) is 0 Å². The van der Waals surface area contributed by atoms with Crippen LogP contribution in [-0.4, -0.2) is 37.9 Å². The molecule has 1 atom stereocenters. The first-order valence-electron chi connectivity index (χ1n) is 6.87. The molecule has 1 rings (SSSR count). The van der Waals surface area contributed by atoms with Crippen LogP contribution >= 0.6 is 11.3 Å². The lowest BCUT2D eigenvalue weighted by atomic mass is 9.95. The Hall–Kier alpha value is -2.09. The van der Waals surface area contributed by atoms with Crippen LogP contribution in [0.3, 0.4) is 0 Å². The number of ether oxygens (including phenoxy) is 3. The molecule has 0 radical (unpaired) electrons. The van der Waals surface area contributed by atoms with E-state index in [0.717, 1.165) is 14.2 Å². The molecule has 0 fully saturated rings. The Bertz CT molecular complexity index is 533. The van der Waals surface area contributed by atoms with Crippen molar-refractivity contribution in [3.8, 4) is 0 Å². The standard InChI is InChI=1S/C15H21NO6S/c1-15(2,3)22-14(19)16-11(9-6-7-23-8-9)10(12(17)20-4)13(18)21-5/h6-8,10-11H,1-5H3,(H,16,19)/t11-/m1/s1. The van der Waals surface area contributed by atoms with Gasteiger partial charge in [0.25, 0.3) is 0 Å². The number of alkyl carbamates (subject to hydrolysis) is 1. The van der Waals surface area contributed by atoms with E-state index in [1.807, 2.05) is 0 Å². The van der Waals surface area contributed by atoms with Crippen LogP contribution in [0.5, 0.6) is 0 Å². The second kappa shape index (κ2) is 7.96. The lowest BCUT2D eigenvalue weighted by Gasteiger charge is -2.26. The maximum Gasteiger partial charge on any atom is 0.408 e. The van der Waals surface area contributed by atoms with Gasteiger partial charge < -0.3 is 19.5 Å². The van der Waals surface area contributed by atoms with Gasteiger partial charge in [0, 0.05) is 0 Å². The SMILES string of the molecule is COC(=O)C(C(=O)OC)[C@H](NC(=O)OC(C)(C)C)c1ccsc1. The van der Waals surface area contributed by atoms with Crippen LogP contribution in [0.1, 0.15) is 32.4 Å². The third kappa shape index (κ3) is 5.55. The van der Waals surface area contributed by atoms with Crippen molar-refractivity contribution in [1.29, 1.82) is 0 Å². The fourth-order valence-corrected chi connectivity index (χ4v) is 2.56. The highest BCUT2D eigenvalue weighted by Gasteiger charge is 2.39. The molecule has 7 nitrogen and oxygen atoms in total. The molecule has 0 saturated heterocycles. The van der Waals surface area contributed by atoms with Crippen molar-refractivity contribution in [2.75, 3.05) is 14.2 Å². The predicted molar refractivity (Wildman–Crippen MR) is 84.0 cm³/mol. The first-order chi connectivity index (χ1) is 10.7. The summed E-state index contributed by atoms with van der Waals surface area (Å²) >= 11 is 1.37. The van der Waals surface area contributed by atoms with Gasteiger partial charge in [-0.1, -0.05) is 0 Å². The highest BCUT2D eigenvalue weighted by Crippen LogP contribution is 2.27. The molecule has 0 spiro atoms. The van der Waals surface area contributed by atoms with Gasteiger partial charge in [-0.2, -0.15) is 11.3 Å². The van der Waals surface area contributed by atoms with Crippen LogP contribution in [0.15, 0.2) is 16.8 Å². The smallest absolute Gasteiger partial charge is 0.408 e. The molecule has 8 heteroatoms. The first kappa shape index (κ1) is 19.0. The molecule has 128 valence electrons. The summed E-state index contributed by atoms with van der Waals surface area (Å²) in [5.74, 6) is -2.93. The van der Waals surface area contributed by atoms with E-state index in [-0.39, 0.29) is 0 Å². The number of rotatable bonds is 5. The van der Waals surface area contributed by atoms with E-state index < -0.39 is 35.6 Å². The molecule has 0 aliphatic carbocycles. The van der Waals surface area contributed by atoms with Gasteiger partial charge in [-0.3, -0.25) is 9.59 Å². The summed E-state index contributed by atoms with van der Waals surface area (Å²) in [6.07, 6.45) is -0.744. The molecular weight excluding hydrogens is 322 g/mol. The van der Waals surface area contributed by atoms with Gasteiger partial charge in [0.1, 0.15) is 5.60 Å². The van der Waals surface area contributed by atoms with E-state index >= 15 is 0 Å². The predicted octanol–water partition coefficient (Wildman–Crippen LogP) is 2.28. The number of carbonyl (C=O) groups excluding carboxylic acids is 3. The molecule has 0 aliphatic rings. The van der Waals surface area contributed by atoms with Crippen molar-refractivity contribution in [2.24, 2.45) is 5.92 Å². The van der Waals surface area contributed by atoms with Gasteiger partial charge in [0.05, 0.1) is 20.3 Å². The molecule has 0 saturated carbocycles. The number of thiophene rings is 1. The number of carbonyl (C=O) groups is 3. The summed E-state index contributed by atoms with van der Waals surface area (Å²) in [6.45, 7) is 5.14. The van der Waals surface area contributed by atoms with Gasteiger partial charge in [-0.05, 0) is 43.2 Å². The van der Waals surface area contributed by atoms with Gasteiger partial charge >= 0.3 is 18.0 Å². The van der Waals surface area contributed by atoms with E-state index in [9.17, 15) is 14.4 Å². The van der Waals surface area contributed by atoms with Crippen LogP contribution in [0.2, 0.25) is 0 Å². The molecule has 0 aromatic carbocycles. The quantitative estimate of drug-likeness (QED) is 0.501. The van der Waals surface area contributed by atoms with Gasteiger partial charge in [0.2, 0.25) is 0 Å². The fraction of sp³-hybridized carbons (Fsp3) is 0.533. The number of nitrogens with one attached hydrogen (secondary N) is 1. The minimum atomic E-state index is -1.33. The molecule has 1 heterocycles. The Kier molecular flexibility index (Phi) is 6.56. The van der Waals surface area contributed by atoms with Crippen molar-refractivity contribution >= 4 is 29.4 Å². The Labute approximate surface area is 138 Å². The molecule has 1 N–H and O–H groups in total. The molecule has 23 heavy (non-hydrogen) atoms. The summed E-state index contributed by atoms with van der Waals surface area (Å²) in [4.78, 5) is 36.1. The van der Waals surface area contributed by atoms with Crippen LogP contribution in [0, 0.1) is 5.92 Å². The Morgan fingerprint density at radius 1 is 1.13 bits per heavy atom. The fourth-order valence-electron chi connectivity index (χ4n) is 1.87. The van der Waals surface area contributed by atoms with Crippen molar-refractivity contribution in [3.05, 3.63) is 22.4 Å². The average molecular weight is 343 g/mol. The number of esters is 2. The molecule has 1 amide bonds. The minimum absolute atomic E-state index is 0.585. The Morgan fingerprint density at radius 3 is 2.09 bits per heavy atom. The van der Waals surface area contributed by atoms with Gasteiger partial charge in [0.15, 0.2) is 5.92 Å². The van der Waals surface area contributed by atoms with Crippen LogP contribution in [0.25, 0.3) is 0 Å². The van der Waals surface area contributed by atoms with Crippen LogP contribution < -0.4 is 5.32 Å². The molecule has 1 aromatic heterocycles. The maximum atomic E-state index is 12.1. The topological polar surface area (TPSA) is 90.9 Å². The Morgan fingerprint density at radius 2 is 1.70 bits per heavy atom. The zero-order valence-electron chi connectivity index (χ0n) is 13.7. The Balaban J connectivity index is 3.11. The molecule has 1 aromatic rings. The largest absolute Gasteiger partial charge is 0.468 e. The maximum absolute atomic E-state index is 12.1. The first-order valence-corrected chi connectivity index (χ1v) is 7.81. The summed E-state index contributed by atoms with van der Waals surface area (Å²) in [5, 5.41) is 6.04. The van der Waals surface area contributed by atoms with Crippen LogP contribution in [-0.2, 0) is 23.8 Å². The van der Waals surface area contributed by atoms with Crippen molar-refractivity contribution in [2.45, 2.75) is 32.4 Å². The third-order valence-electron chi connectivity index (χ3n) is 2.82. The monoisotopic (exact) mass is 343 g/mol. The summed E-state index contributed by atoms with van der Waals surface area (Å²) in [7, 11) is 2.33. The zero-order chi connectivity index (χ0) is 17.6. The average Bonchev–Trinajstić information content (AvgIpc) is 2.97. The second-order valence-corrected chi connectivity index (χ2v) is 6.48. The second-order valence-electron chi connectivity index (χ2n) is 5.70. The number of amides is 1. The lowest BCUT2D eigenvalue weighted by Crippen LogP contribution is -2.43. The molecule has 0 unspecified atom stereocenters. The van der Waals surface area contributed by atoms with Gasteiger partial charge in [-0.25, -0.2) is 4.79 Å². The molecular formula is C15H21NO6S.